The van der Waals surface area contributed by atoms with Crippen molar-refractivity contribution >= 4 is 63.7 Å². The third kappa shape index (κ3) is 5.87. The van der Waals surface area contributed by atoms with Gasteiger partial charge < -0.3 is 26.1 Å². The molecule has 0 spiro atoms. The average Bonchev–Trinajstić information content (AvgIpc) is 3.31. The van der Waals surface area contributed by atoms with E-state index in [1.54, 1.807) is 6.92 Å². The van der Waals surface area contributed by atoms with Gasteiger partial charge in [-0.25, -0.2) is 4.79 Å². The number of aliphatic carboxylic acids is 1. The molecule has 1 unspecified atom stereocenters. The summed E-state index contributed by atoms with van der Waals surface area (Å²) in [6.45, 7) is 2.21. The molecule has 5 N–H and O–H groups in total. The molecule has 1 fully saturated rings. The number of pyridine rings is 1. The number of β-lactam (4-membered cyclic amide) rings is 1. The lowest BCUT2D eigenvalue weighted by molar-refractivity contribution is -0.690. The predicted octanol–water partition coefficient (Wildman–Crippen LogP) is -0.328. The van der Waals surface area contributed by atoms with Crippen molar-refractivity contribution in [1.82, 2.24) is 19.6 Å². The van der Waals surface area contributed by atoms with Gasteiger partial charge in [0.1, 0.15) is 23.7 Å². The van der Waals surface area contributed by atoms with E-state index in [0.717, 1.165) is 16.4 Å². The Hall–Kier alpha value is -3.21. The van der Waals surface area contributed by atoms with E-state index >= 15 is 0 Å². The number of carbonyl (C=O) groups is 3. The maximum atomic E-state index is 13.0. The molecule has 4 rings (SSSR count). The van der Waals surface area contributed by atoms with Crippen LogP contribution in [0.5, 0.6) is 0 Å². The van der Waals surface area contributed by atoms with E-state index in [2.05, 4.69) is 19.8 Å². The van der Waals surface area contributed by atoms with Gasteiger partial charge in [0, 0.05) is 34.7 Å². The number of nitrogens with zero attached hydrogens (tertiary/aromatic N) is 5. The zero-order valence-corrected chi connectivity index (χ0v) is 22.0. The molecule has 0 aliphatic carbocycles. The molecule has 4 heterocycles. The molecule has 0 saturated carbocycles. The molecule has 2 aromatic heterocycles. The highest BCUT2D eigenvalue weighted by molar-refractivity contribution is 8.00. The molecule has 2 amide bonds. The first kappa shape index (κ1) is 26.8. The van der Waals surface area contributed by atoms with Crippen LogP contribution in [0.1, 0.15) is 12.7 Å². The molecule has 0 radical (unpaired) electrons. The Labute approximate surface area is 223 Å². The van der Waals surface area contributed by atoms with Crippen LogP contribution in [0.4, 0.5) is 5.13 Å². The van der Waals surface area contributed by atoms with Gasteiger partial charge in [-0.3, -0.25) is 14.5 Å². The van der Waals surface area contributed by atoms with Crippen molar-refractivity contribution in [3.63, 3.8) is 0 Å². The van der Waals surface area contributed by atoms with Gasteiger partial charge in [0.15, 0.2) is 24.1 Å². The lowest BCUT2D eigenvalue weighted by atomic mass is 10.0. The number of nitrogens with two attached hydrogens (primary N) is 1. The van der Waals surface area contributed by atoms with Gasteiger partial charge in [0.25, 0.3) is 11.8 Å². The van der Waals surface area contributed by atoms with Crippen molar-refractivity contribution < 1.29 is 34.0 Å². The monoisotopic (exact) mass is 566 g/mol. The molecule has 0 aromatic carbocycles. The van der Waals surface area contributed by atoms with Crippen LogP contribution < -0.4 is 15.6 Å². The predicted molar refractivity (Wildman–Crippen MR) is 137 cm³/mol. The summed E-state index contributed by atoms with van der Waals surface area (Å²) in [7, 11) is 0. The highest BCUT2D eigenvalue weighted by atomic mass is 32.2. The zero-order chi connectivity index (χ0) is 26.5. The maximum Gasteiger partial charge on any atom is 0.352 e. The Balaban J connectivity index is 1.51. The topological polar surface area (TPSA) is 184 Å². The van der Waals surface area contributed by atoms with Crippen LogP contribution in [0, 0.1) is 0 Å². The first-order valence-electron chi connectivity index (χ1n) is 11.1. The lowest BCUT2D eigenvalue weighted by Gasteiger charge is -2.49. The number of nitrogen functional groups attached to an aromatic ring is 1. The fraction of sp³-hybridized carbons (Fsp3) is 0.381. The number of carboxylic acid groups (broad SMARTS) is 1. The van der Waals surface area contributed by atoms with Gasteiger partial charge in [-0.15, -0.1) is 23.5 Å². The van der Waals surface area contributed by atoms with E-state index in [-0.39, 0.29) is 42.1 Å². The van der Waals surface area contributed by atoms with E-state index in [4.69, 9.17) is 15.7 Å². The van der Waals surface area contributed by atoms with Crippen LogP contribution >= 0.6 is 35.1 Å². The number of rotatable bonds is 11. The van der Waals surface area contributed by atoms with Gasteiger partial charge in [-0.2, -0.15) is 13.9 Å². The Morgan fingerprint density at radius 3 is 2.95 bits per heavy atom. The van der Waals surface area contributed by atoms with Crippen LogP contribution in [-0.2, 0) is 25.8 Å². The molecule has 1 saturated heterocycles. The molecule has 37 heavy (non-hydrogen) atoms. The Morgan fingerprint density at radius 2 is 2.27 bits per heavy atom. The smallest absolute Gasteiger partial charge is 0.352 e. The largest absolute Gasteiger partial charge is 0.477 e. The molecule has 2 aliphatic heterocycles. The van der Waals surface area contributed by atoms with E-state index in [1.807, 2.05) is 29.1 Å². The molecular formula is C21H24N7O6S3+. The number of anilines is 1. The number of oxime groups is 1. The van der Waals surface area contributed by atoms with Gasteiger partial charge in [-0.05, 0) is 13.0 Å². The summed E-state index contributed by atoms with van der Waals surface area (Å²) >= 11 is 3.73. The molecule has 2 aliphatic rings. The summed E-state index contributed by atoms with van der Waals surface area (Å²) in [6.07, 6.45) is 3.68. The van der Waals surface area contributed by atoms with Crippen LogP contribution in [-0.4, -0.2) is 84.1 Å². The number of fused-ring (bicyclic) bond motifs is 1. The highest BCUT2D eigenvalue weighted by Gasteiger charge is 2.54. The molecule has 196 valence electrons. The second-order valence-electron chi connectivity index (χ2n) is 7.72. The highest BCUT2D eigenvalue weighted by Crippen LogP contribution is 2.40. The summed E-state index contributed by atoms with van der Waals surface area (Å²) in [6, 6.07) is 2.79. The average molecular weight is 567 g/mol. The van der Waals surface area contributed by atoms with Gasteiger partial charge >= 0.3 is 5.97 Å². The third-order valence-electron chi connectivity index (χ3n) is 5.25. The summed E-state index contributed by atoms with van der Waals surface area (Å²) in [4.78, 5) is 49.3. The number of amides is 2. The van der Waals surface area contributed by atoms with Crippen molar-refractivity contribution in [3.05, 3.63) is 41.6 Å². The Kier molecular flexibility index (Phi) is 8.63. The first-order valence-corrected chi connectivity index (χ1v) is 13.9. The number of aliphatic hydroxyl groups excluding tert-OH is 1. The lowest BCUT2D eigenvalue weighted by Crippen LogP contribution is -2.71. The van der Waals surface area contributed by atoms with Crippen molar-refractivity contribution in [2.45, 2.75) is 29.8 Å². The molecule has 16 heteroatoms. The van der Waals surface area contributed by atoms with Crippen molar-refractivity contribution in [2.24, 2.45) is 5.16 Å². The summed E-state index contributed by atoms with van der Waals surface area (Å²) < 4.78 is 5.82. The minimum atomic E-state index is -1.22. The minimum Gasteiger partial charge on any atom is -0.477 e. The van der Waals surface area contributed by atoms with Crippen molar-refractivity contribution in [1.29, 1.82) is 0 Å². The van der Waals surface area contributed by atoms with Crippen molar-refractivity contribution in [2.75, 3.05) is 30.5 Å². The fourth-order valence-corrected chi connectivity index (χ4v) is 6.21. The number of carboxylic acids is 1. The number of carbonyl (C=O) groups excluding carboxylic acids is 2. The van der Waals surface area contributed by atoms with Gasteiger partial charge in [-0.1, -0.05) is 5.16 Å². The van der Waals surface area contributed by atoms with Crippen LogP contribution in [0.2, 0.25) is 0 Å². The van der Waals surface area contributed by atoms with E-state index in [1.165, 1.54) is 28.4 Å². The quantitative estimate of drug-likeness (QED) is 0.0918. The molecule has 13 nitrogen and oxygen atoms in total. The van der Waals surface area contributed by atoms with Crippen molar-refractivity contribution in [3.8, 4) is 0 Å². The number of nitrogens with one attached hydrogen (secondary N) is 1. The molecular weight excluding hydrogens is 542 g/mol. The SMILES string of the molecule is CCON=C(C(=O)NC1C(=O)N2C(C(=O)O)=C(C[n+]3cccc(SCCO)c3)CS[C@H]12)c1nsc(N)n1. The minimum absolute atomic E-state index is 0.0295. The van der Waals surface area contributed by atoms with Crippen LogP contribution in [0.3, 0.4) is 0 Å². The molecule has 2 aromatic rings. The first-order chi connectivity index (χ1) is 17.8. The fourth-order valence-electron chi connectivity index (χ4n) is 3.72. The van der Waals surface area contributed by atoms with Crippen LogP contribution in [0.25, 0.3) is 0 Å². The second kappa shape index (κ2) is 11.9. The van der Waals surface area contributed by atoms with Gasteiger partial charge in [0.2, 0.25) is 11.5 Å². The van der Waals surface area contributed by atoms with Crippen LogP contribution in [0.15, 0.2) is 45.8 Å². The number of hydrogen-bond acceptors (Lipinski definition) is 12. The number of aromatic nitrogens is 3. The number of hydrogen-bond donors (Lipinski definition) is 4. The standard InChI is InChI=1S/C21H23N7O6S3/c1-2-34-25-13(16-24-21(22)37-26-16)17(30)23-14-18(31)28-15(20(32)33)11(10-36-19(14)28)8-27-5-3-4-12(9-27)35-7-6-29/h3-5,9,14,19,29H,2,6-8,10H2,1H3,(H3-,22,23,24,26,30,32,33)/p+1/t14?,19-/m1/s1. The van der Waals surface area contributed by atoms with E-state index in [0.29, 0.717) is 17.1 Å². The van der Waals surface area contributed by atoms with E-state index in [9.17, 15) is 19.5 Å². The normalized spacial score (nSPS) is 19.4. The second-order valence-corrected chi connectivity index (χ2v) is 10.8. The summed E-state index contributed by atoms with van der Waals surface area (Å²) in [5, 5.41) is 24.9. The summed E-state index contributed by atoms with van der Waals surface area (Å²) in [5.41, 5.74) is 5.87. The maximum absolute atomic E-state index is 13.0. The number of thioether (sulfide) groups is 2. The molecule has 0 bridgehead atoms. The third-order valence-corrected chi connectivity index (χ3v) is 8.10. The molecule has 2 atom stereocenters. The van der Waals surface area contributed by atoms with Gasteiger partial charge in [0.05, 0.1) is 11.5 Å². The summed E-state index contributed by atoms with van der Waals surface area (Å²) in [5.74, 6) is -1.62. The Bertz CT molecular complexity index is 1270. The van der Waals surface area contributed by atoms with E-state index < -0.39 is 29.2 Å². The number of aliphatic hydroxyl groups is 1. The Morgan fingerprint density at radius 1 is 1.46 bits per heavy atom. The zero-order valence-electron chi connectivity index (χ0n) is 19.6.